The van der Waals surface area contributed by atoms with Crippen molar-refractivity contribution >= 4 is 19.0 Å². The summed E-state index contributed by atoms with van der Waals surface area (Å²) in [5, 5.41) is 0.589. The molecule has 17 heavy (non-hydrogen) atoms. The monoisotopic (exact) mass is 257 g/mol. The predicted molar refractivity (Wildman–Crippen MR) is 68.5 cm³/mol. The van der Waals surface area contributed by atoms with Gasteiger partial charge in [0.1, 0.15) is 0 Å². The van der Waals surface area contributed by atoms with Gasteiger partial charge in [-0.15, -0.1) is 0 Å². The van der Waals surface area contributed by atoms with E-state index in [9.17, 15) is 9.69 Å². The van der Waals surface area contributed by atoms with Crippen molar-refractivity contribution in [3.63, 3.8) is 0 Å². The lowest BCUT2D eigenvalue weighted by Crippen LogP contribution is -2.16. The van der Waals surface area contributed by atoms with Crippen molar-refractivity contribution in [2.24, 2.45) is 0 Å². The summed E-state index contributed by atoms with van der Waals surface area (Å²) < 4.78 is 10.6. The molecular formula is C12H18O4P+. The maximum Gasteiger partial charge on any atom is 0.446 e. The third kappa shape index (κ3) is 3.58. The van der Waals surface area contributed by atoms with Crippen LogP contribution in [0.1, 0.15) is 31.1 Å². The van der Waals surface area contributed by atoms with Gasteiger partial charge in [0.15, 0.2) is 11.1 Å². The number of carbonyl (C=O) groups excluding carboxylic acids is 1. The van der Waals surface area contributed by atoms with Gasteiger partial charge in [-0.05, 0) is 45.0 Å². The predicted octanol–water partition coefficient (Wildman–Crippen LogP) is 2.34. The summed E-state index contributed by atoms with van der Waals surface area (Å²) >= 11 is 0. The molecule has 0 saturated carbocycles. The minimum atomic E-state index is -2.98. The normalized spacial score (nSPS) is 11.5. The summed E-state index contributed by atoms with van der Waals surface area (Å²) in [5.74, 6) is -0.00811. The highest BCUT2D eigenvalue weighted by Crippen LogP contribution is 2.55. The van der Waals surface area contributed by atoms with Crippen molar-refractivity contribution in [3.8, 4) is 0 Å². The second-order valence-electron chi connectivity index (χ2n) is 3.46. The fourth-order valence-corrected chi connectivity index (χ4v) is 3.02. The average Bonchev–Trinajstić information content (AvgIpc) is 2.30. The molecule has 0 unspecified atom stereocenters. The molecule has 0 radical (unpaired) electrons. The molecule has 0 fully saturated rings. The van der Waals surface area contributed by atoms with Gasteiger partial charge in [0.2, 0.25) is 0 Å². The Morgan fingerprint density at radius 2 is 1.65 bits per heavy atom. The second kappa shape index (κ2) is 6.22. The molecule has 0 spiro atoms. The van der Waals surface area contributed by atoms with Crippen LogP contribution in [0.15, 0.2) is 24.3 Å². The topological polar surface area (TPSA) is 55.8 Å². The van der Waals surface area contributed by atoms with E-state index < -0.39 is 7.94 Å². The first-order chi connectivity index (χ1) is 8.03. The molecule has 0 heterocycles. The highest BCUT2D eigenvalue weighted by Gasteiger charge is 2.43. The van der Waals surface area contributed by atoms with Crippen LogP contribution in [0.25, 0.3) is 0 Å². The van der Waals surface area contributed by atoms with Gasteiger partial charge in [-0.2, -0.15) is 13.9 Å². The number of rotatable bonds is 6. The Morgan fingerprint density at radius 3 is 2.00 bits per heavy atom. The Morgan fingerprint density at radius 1 is 1.18 bits per heavy atom. The number of benzene rings is 1. The smallest absolute Gasteiger partial charge is 0.295 e. The van der Waals surface area contributed by atoms with Crippen molar-refractivity contribution in [1.82, 2.24) is 0 Å². The molecule has 0 aliphatic carbocycles. The van der Waals surface area contributed by atoms with E-state index in [2.05, 4.69) is 0 Å². The molecule has 0 atom stereocenters. The van der Waals surface area contributed by atoms with E-state index >= 15 is 0 Å². The summed E-state index contributed by atoms with van der Waals surface area (Å²) in [7, 11) is -2.98. The maximum atomic E-state index is 11.1. The Labute approximate surface area is 102 Å². The molecule has 0 aliphatic rings. The first-order valence-electron chi connectivity index (χ1n) is 5.56. The summed E-state index contributed by atoms with van der Waals surface area (Å²) in [6.07, 6.45) is 0. The van der Waals surface area contributed by atoms with Gasteiger partial charge in [0.25, 0.3) is 0 Å². The van der Waals surface area contributed by atoms with Crippen molar-refractivity contribution < 1.29 is 18.7 Å². The van der Waals surface area contributed by atoms with E-state index in [-0.39, 0.29) is 5.78 Å². The molecule has 5 heteroatoms. The van der Waals surface area contributed by atoms with E-state index in [4.69, 9.17) is 9.05 Å². The van der Waals surface area contributed by atoms with Gasteiger partial charge in [-0.1, -0.05) is 0 Å². The van der Waals surface area contributed by atoms with Gasteiger partial charge >= 0.3 is 7.94 Å². The number of carbonyl (C=O) groups is 1. The number of Topliss-reactive ketones (excluding diaryl/α,β-unsaturated/α-hetero) is 1. The highest BCUT2D eigenvalue weighted by atomic mass is 31.2. The van der Waals surface area contributed by atoms with E-state index in [0.29, 0.717) is 24.1 Å². The van der Waals surface area contributed by atoms with Crippen molar-refractivity contribution in [3.05, 3.63) is 29.8 Å². The molecule has 94 valence electrons. The molecule has 1 rings (SSSR count). The van der Waals surface area contributed by atoms with E-state index in [1.807, 2.05) is 0 Å². The molecular weight excluding hydrogens is 239 g/mol. The maximum absolute atomic E-state index is 11.1. The third-order valence-corrected chi connectivity index (χ3v) is 4.38. The first-order valence-corrected chi connectivity index (χ1v) is 7.13. The lowest BCUT2D eigenvalue weighted by Gasteiger charge is -2.15. The summed E-state index contributed by atoms with van der Waals surface area (Å²) in [6, 6.07) is 6.69. The van der Waals surface area contributed by atoms with Gasteiger partial charge in [0, 0.05) is 5.56 Å². The van der Waals surface area contributed by atoms with Gasteiger partial charge in [-0.3, -0.25) is 4.79 Å². The number of hydrogen-bond donors (Lipinski definition) is 1. The summed E-state index contributed by atoms with van der Waals surface area (Å²) in [4.78, 5) is 21.4. The fraction of sp³-hybridized carbons (Fsp3) is 0.417. The zero-order valence-corrected chi connectivity index (χ0v) is 11.2. The van der Waals surface area contributed by atoms with E-state index in [0.717, 1.165) is 0 Å². The zero-order chi connectivity index (χ0) is 12.9. The quantitative estimate of drug-likeness (QED) is 0.627. The van der Waals surface area contributed by atoms with Crippen LogP contribution < -0.4 is 5.30 Å². The van der Waals surface area contributed by atoms with Gasteiger partial charge in [-0.25, -0.2) is 0 Å². The van der Waals surface area contributed by atoms with E-state index in [1.54, 1.807) is 38.1 Å². The Hall–Kier alpha value is -0.800. The SMILES string of the molecule is CCO[P+](O)(OCC)c1ccc(C(C)=O)cc1. The lowest BCUT2D eigenvalue weighted by molar-refractivity contribution is 0.101. The molecule has 1 aromatic rings. The molecule has 0 saturated heterocycles. The lowest BCUT2D eigenvalue weighted by atomic mass is 10.2. The Balaban J connectivity index is 2.98. The van der Waals surface area contributed by atoms with Crippen molar-refractivity contribution in [2.75, 3.05) is 13.2 Å². The third-order valence-electron chi connectivity index (χ3n) is 2.21. The molecule has 0 amide bonds. The largest absolute Gasteiger partial charge is 0.446 e. The fourth-order valence-electron chi connectivity index (χ4n) is 1.42. The van der Waals surface area contributed by atoms with Crippen molar-refractivity contribution in [1.29, 1.82) is 0 Å². The molecule has 0 aromatic heterocycles. The Kier molecular flexibility index (Phi) is 5.22. The Bertz CT molecular complexity index is 369. The molecule has 0 aliphatic heterocycles. The molecule has 4 nitrogen and oxygen atoms in total. The molecule has 1 N–H and O–H groups in total. The van der Waals surface area contributed by atoms with Crippen LogP contribution in [-0.4, -0.2) is 23.9 Å². The second-order valence-corrected chi connectivity index (χ2v) is 5.53. The van der Waals surface area contributed by atoms with Gasteiger partial charge in [0.05, 0.1) is 13.2 Å². The zero-order valence-electron chi connectivity index (χ0n) is 10.3. The summed E-state index contributed by atoms with van der Waals surface area (Å²) in [5.41, 5.74) is 0.605. The van der Waals surface area contributed by atoms with Gasteiger partial charge < -0.3 is 0 Å². The van der Waals surface area contributed by atoms with Crippen LogP contribution in [0, 0.1) is 0 Å². The van der Waals surface area contributed by atoms with Crippen LogP contribution >= 0.6 is 7.94 Å². The minimum absolute atomic E-state index is 0.00811. The summed E-state index contributed by atoms with van der Waals surface area (Å²) in [6.45, 7) is 5.85. The van der Waals surface area contributed by atoms with Crippen LogP contribution in [-0.2, 0) is 9.05 Å². The molecule has 0 bridgehead atoms. The first kappa shape index (κ1) is 14.3. The standard InChI is InChI=1S/C12H18O4P/c1-4-15-17(14,16-5-2)12-8-6-11(7-9-12)10(3)13/h6-9,14H,4-5H2,1-3H3/q+1. The number of ketones is 1. The van der Waals surface area contributed by atoms with Crippen LogP contribution in [0.2, 0.25) is 0 Å². The average molecular weight is 257 g/mol. The van der Waals surface area contributed by atoms with E-state index in [1.165, 1.54) is 6.92 Å². The van der Waals surface area contributed by atoms with Crippen LogP contribution in [0.3, 0.4) is 0 Å². The van der Waals surface area contributed by atoms with Crippen LogP contribution in [0.4, 0.5) is 0 Å². The molecule has 1 aromatic carbocycles. The van der Waals surface area contributed by atoms with Crippen LogP contribution in [0.5, 0.6) is 0 Å². The number of hydrogen-bond acceptors (Lipinski definition) is 4. The minimum Gasteiger partial charge on any atom is -0.295 e. The van der Waals surface area contributed by atoms with Crippen molar-refractivity contribution in [2.45, 2.75) is 20.8 Å². The highest BCUT2D eigenvalue weighted by molar-refractivity contribution is 7.68.